The molecule has 0 radical (unpaired) electrons. The molecule has 2 aromatic carbocycles. The van der Waals surface area contributed by atoms with Crippen molar-refractivity contribution in [3.8, 4) is 11.6 Å². The van der Waals surface area contributed by atoms with Gasteiger partial charge in [0.15, 0.2) is 5.69 Å². The largest absolute Gasteiger partial charge is 0.493 e. The fourth-order valence-electron chi connectivity index (χ4n) is 2.70. The first-order valence-corrected chi connectivity index (χ1v) is 8.37. The Morgan fingerprint density at radius 3 is 2.41 bits per heavy atom. The highest BCUT2D eigenvalue weighted by Crippen LogP contribution is 2.21. The third-order valence-corrected chi connectivity index (χ3v) is 4.09. The second-order valence-corrected chi connectivity index (χ2v) is 6.17. The minimum atomic E-state index is -1.03. The van der Waals surface area contributed by atoms with E-state index >= 15 is 0 Å². The average molecular weight is 365 g/mol. The van der Waals surface area contributed by atoms with Gasteiger partial charge in [0.05, 0.1) is 18.2 Å². The Bertz CT molecular complexity index is 949. The molecule has 7 heteroatoms. The number of hydrogen-bond donors (Lipinski definition) is 3. The quantitative estimate of drug-likeness (QED) is 0.623. The van der Waals surface area contributed by atoms with Crippen LogP contribution in [0, 0.1) is 6.92 Å². The lowest BCUT2D eigenvalue weighted by molar-refractivity contribution is -0.137. The summed E-state index contributed by atoms with van der Waals surface area (Å²) in [6.45, 7) is 1.92. The molecular weight excluding hydrogens is 346 g/mol. The van der Waals surface area contributed by atoms with E-state index in [9.17, 15) is 14.7 Å². The van der Waals surface area contributed by atoms with Crippen LogP contribution in [0.2, 0.25) is 0 Å². The van der Waals surface area contributed by atoms with Crippen LogP contribution < -0.4 is 5.32 Å². The second kappa shape index (κ2) is 7.74. The molecule has 27 heavy (non-hydrogen) atoms. The van der Waals surface area contributed by atoms with E-state index in [2.05, 4.69) is 10.4 Å². The highest BCUT2D eigenvalue weighted by molar-refractivity contribution is 5.93. The van der Waals surface area contributed by atoms with Crippen molar-refractivity contribution in [3.05, 3.63) is 77.5 Å². The number of carboxylic acid groups (broad SMARTS) is 1. The number of nitrogens with zero attached hydrogens (tertiary/aromatic N) is 2. The maximum absolute atomic E-state index is 12.6. The smallest absolute Gasteiger partial charge is 0.305 e. The highest BCUT2D eigenvalue weighted by Gasteiger charge is 2.21. The number of hydrogen-bond acceptors (Lipinski definition) is 4. The minimum absolute atomic E-state index is 0.00106. The van der Waals surface area contributed by atoms with E-state index in [0.29, 0.717) is 11.3 Å². The maximum atomic E-state index is 12.6. The van der Waals surface area contributed by atoms with E-state index in [1.807, 2.05) is 25.1 Å². The number of carbonyl (C=O) groups is 2. The molecule has 3 aromatic rings. The zero-order chi connectivity index (χ0) is 19.4. The monoisotopic (exact) mass is 365 g/mol. The number of carboxylic acids is 1. The minimum Gasteiger partial charge on any atom is -0.493 e. The van der Waals surface area contributed by atoms with Crippen molar-refractivity contribution in [2.24, 2.45) is 0 Å². The van der Waals surface area contributed by atoms with Gasteiger partial charge in [0.1, 0.15) is 0 Å². The van der Waals surface area contributed by atoms with Crippen molar-refractivity contribution in [2.45, 2.75) is 19.4 Å². The number of benzene rings is 2. The molecule has 0 spiro atoms. The molecule has 0 saturated heterocycles. The Morgan fingerprint density at radius 2 is 1.78 bits per heavy atom. The number of aliphatic carboxylic acids is 1. The topological polar surface area (TPSA) is 104 Å². The number of rotatable bonds is 6. The van der Waals surface area contributed by atoms with Gasteiger partial charge in [0, 0.05) is 6.07 Å². The number of aromatic hydroxyl groups is 1. The normalized spacial score (nSPS) is 11.7. The number of aromatic nitrogens is 2. The molecule has 0 aliphatic carbocycles. The van der Waals surface area contributed by atoms with E-state index < -0.39 is 17.9 Å². The van der Waals surface area contributed by atoms with Crippen LogP contribution in [0.5, 0.6) is 5.88 Å². The van der Waals surface area contributed by atoms with Gasteiger partial charge < -0.3 is 15.5 Å². The summed E-state index contributed by atoms with van der Waals surface area (Å²) < 4.78 is 1.24. The van der Waals surface area contributed by atoms with Crippen LogP contribution in [0.15, 0.2) is 60.7 Å². The molecule has 138 valence electrons. The Balaban J connectivity index is 1.83. The lowest BCUT2D eigenvalue weighted by atomic mass is 10.0. The Hall–Kier alpha value is -3.61. The first-order valence-electron chi connectivity index (χ1n) is 8.37. The van der Waals surface area contributed by atoms with Gasteiger partial charge in [-0.1, -0.05) is 48.0 Å². The molecule has 7 nitrogen and oxygen atoms in total. The molecule has 0 bridgehead atoms. The zero-order valence-electron chi connectivity index (χ0n) is 14.7. The van der Waals surface area contributed by atoms with E-state index in [4.69, 9.17) is 5.11 Å². The lowest BCUT2D eigenvalue weighted by Crippen LogP contribution is -2.30. The fourth-order valence-corrected chi connectivity index (χ4v) is 2.70. The summed E-state index contributed by atoms with van der Waals surface area (Å²) >= 11 is 0. The predicted molar refractivity (Wildman–Crippen MR) is 98.9 cm³/mol. The number of amides is 1. The summed E-state index contributed by atoms with van der Waals surface area (Å²) in [4.78, 5) is 23.8. The van der Waals surface area contributed by atoms with Crippen molar-refractivity contribution in [1.29, 1.82) is 0 Å². The standard InChI is InChI=1S/C20H19N3O4/c1-13-7-9-14(10-8-13)16(12-19(25)26)21-20(27)17-11-18(24)23(22-17)15-5-3-2-4-6-15/h2-11,16,24H,12H2,1H3,(H,21,27)(H,25,26)/t16-/m0/s1. The Morgan fingerprint density at radius 1 is 1.11 bits per heavy atom. The average Bonchev–Trinajstić information content (AvgIpc) is 3.04. The zero-order valence-corrected chi connectivity index (χ0v) is 14.7. The number of aryl methyl sites for hydroxylation is 1. The van der Waals surface area contributed by atoms with Gasteiger partial charge in [-0.05, 0) is 24.6 Å². The van der Waals surface area contributed by atoms with Gasteiger partial charge in [0.2, 0.25) is 5.88 Å². The lowest BCUT2D eigenvalue weighted by Gasteiger charge is -2.17. The molecule has 1 amide bonds. The molecule has 1 aromatic heterocycles. The van der Waals surface area contributed by atoms with Crippen LogP contribution >= 0.6 is 0 Å². The van der Waals surface area contributed by atoms with Gasteiger partial charge in [-0.3, -0.25) is 9.59 Å². The maximum Gasteiger partial charge on any atom is 0.305 e. The van der Waals surface area contributed by atoms with Crippen molar-refractivity contribution >= 4 is 11.9 Å². The number of nitrogens with one attached hydrogen (secondary N) is 1. The van der Waals surface area contributed by atoms with Crippen LogP contribution in [0.4, 0.5) is 0 Å². The van der Waals surface area contributed by atoms with Gasteiger partial charge in [-0.2, -0.15) is 5.10 Å². The molecule has 3 N–H and O–H groups in total. The molecule has 3 rings (SSSR count). The van der Waals surface area contributed by atoms with E-state index in [0.717, 1.165) is 5.56 Å². The molecule has 0 aliphatic rings. The van der Waals surface area contributed by atoms with E-state index in [-0.39, 0.29) is 18.0 Å². The van der Waals surface area contributed by atoms with Crippen LogP contribution in [-0.4, -0.2) is 31.9 Å². The van der Waals surface area contributed by atoms with Crippen molar-refractivity contribution < 1.29 is 19.8 Å². The third kappa shape index (κ3) is 4.33. The summed E-state index contributed by atoms with van der Waals surface area (Å²) in [7, 11) is 0. The number of carbonyl (C=O) groups excluding carboxylic acids is 1. The SMILES string of the molecule is Cc1ccc([C@H](CC(=O)O)NC(=O)c2cc(O)n(-c3ccccc3)n2)cc1. The highest BCUT2D eigenvalue weighted by atomic mass is 16.4. The summed E-state index contributed by atoms with van der Waals surface area (Å²) in [5.41, 5.74) is 2.32. The molecule has 0 unspecified atom stereocenters. The van der Waals surface area contributed by atoms with Gasteiger partial charge in [0.25, 0.3) is 5.91 Å². The molecule has 1 atom stereocenters. The van der Waals surface area contributed by atoms with Crippen LogP contribution in [0.1, 0.15) is 34.1 Å². The second-order valence-electron chi connectivity index (χ2n) is 6.17. The van der Waals surface area contributed by atoms with Crippen molar-refractivity contribution in [1.82, 2.24) is 15.1 Å². The van der Waals surface area contributed by atoms with Crippen LogP contribution in [0.25, 0.3) is 5.69 Å². The molecule has 0 aliphatic heterocycles. The Labute approximate surface area is 155 Å². The summed E-state index contributed by atoms with van der Waals surface area (Å²) in [5, 5.41) is 26.1. The fraction of sp³-hybridized carbons (Fsp3) is 0.150. The van der Waals surface area contributed by atoms with Crippen molar-refractivity contribution in [3.63, 3.8) is 0 Å². The van der Waals surface area contributed by atoms with Gasteiger partial charge in [-0.15, -0.1) is 0 Å². The third-order valence-electron chi connectivity index (χ3n) is 4.09. The van der Waals surface area contributed by atoms with Crippen molar-refractivity contribution in [2.75, 3.05) is 0 Å². The van der Waals surface area contributed by atoms with Gasteiger partial charge in [-0.25, -0.2) is 4.68 Å². The predicted octanol–water partition coefficient (Wildman–Crippen LogP) is 2.83. The Kier molecular flexibility index (Phi) is 5.21. The number of para-hydroxylation sites is 1. The molecule has 0 saturated carbocycles. The van der Waals surface area contributed by atoms with Crippen LogP contribution in [-0.2, 0) is 4.79 Å². The first-order chi connectivity index (χ1) is 12.9. The molecular formula is C20H19N3O4. The van der Waals surface area contributed by atoms with Gasteiger partial charge >= 0.3 is 5.97 Å². The van der Waals surface area contributed by atoms with E-state index in [1.165, 1.54) is 10.7 Å². The summed E-state index contributed by atoms with van der Waals surface area (Å²) in [6.07, 6.45) is -0.264. The molecule has 1 heterocycles. The first kappa shape index (κ1) is 18.2. The van der Waals surface area contributed by atoms with Crippen LogP contribution in [0.3, 0.4) is 0 Å². The summed E-state index contributed by atoms with van der Waals surface area (Å²) in [6, 6.07) is 16.7. The van der Waals surface area contributed by atoms with E-state index in [1.54, 1.807) is 36.4 Å². The summed E-state index contributed by atoms with van der Waals surface area (Å²) in [5.74, 6) is -1.78. The molecule has 0 fully saturated rings.